The first-order valence-corrected chi connectivity index (χ1v) is 12.0. The van der Waals surface area contributed by atoms with Crippen LogP contribution in [0.2, 0.25) is 5.02 Å². The zero-order valence-corrected chi connectivity index (χ0v) is 21.3. The second-order valence-electron chi connectivity index (χ2n) is 8.30. The van der Waals surface area contributed by atoms with Gasteiger partial charge in [-0.05, 0) is 36.2 Å². The summed E-state index contributed by atoms with van der Waals surface area (Å²) in [6.07, 6.45) is -4.23. The van der Waals surface area contributed by atoms with Crippen LogP contribution in [0.4, 0.5) is 13.2 Å². The third kappa shape index (κ3) is 6.13. The van der Waals surface area contributed by atoms with E-state index in [4.69, 9.17) is 21.1 Å². The molecule has 0 spiro atoms. The molecule has 0 saturated carbocycles. The first kappa shape index (κ1) is 27.1. The zero-order valence-electron chi connectivity index (χ0n) is 20.5. The fraction of sp³-hybridized carbons (Fsp3) is 0.320. The summed E-state index contributed by atoms with van der Waals surface area (Å²) in [5.41, 5.74) is 0.194. The number of rotatable bonds is 10. The van der Waals surface area contributed by atoms with E-state index in [1.54, 1.807) is 28.8 Å². The Bertz CT molecular complexity index is 1540. The van der Waals surface area contributed by atoms with Gasteiger partial charge in [0.25, 0.3) is 11.6 Å². The van der Waals surface area contributed by atoms with E-state index in [0.29, 0.717) is 11.4 Å². The summed E-state index contributed by atoms with van der Waals surface area (Å²) in [6.45, 7) is 2.22. The molecule has 0 atom stereocenters. The van der Waals surface area contributed by atoms with E-state index < -0.39 is 23.4 Å². The number of imidazole rings is 1. The third-order valence-electron chi connectivity index (χ3n) is 5.52. The highest BCUT2D eigenvalue weighted by Gasteiger charge is 2.31. The summed E-state index contributed by atoms with van der Waals surface area (Å²) in [6, 6.07) is 12.2. The lowest BCUT2D eigenvalue weighted by Crippen LogP contribution is -2.39. The molecule has 13 heteroatoms. The van der Waals surface area contributed by atoms with Gasteiger partial charge in [0.05, 0.1) is 6.54 Å². The van der Waals surface area contributed by atoms with Crippen LogP contribution in [0, 0.1) is 0 Å². The summed E-state index contributed by atoms with van der Waals surface area (Å²) in [5.74, 6) is -0.264. The molecule has 0 aliphatic rings. The molecular weight excluding hydrogens is 529 g/mol. The van der Waals surface area contributed by atoms with E-state index in [1.807, 2.05) is 6.92 Å². The number of hydrogen-bond donors (Lipinski definition) is 0. The van der Waals surface area contributed by atoms with E-state index in [9.17, 15) is 22.8 Å². The van der Waals surface area contributed by atoms with Gasteiger partial charge in [-0.1, -0.05) is 36.7 Å². The Morgan fingerprint density at radius 1 is 0.974 bits per heavy atom. The Morgan fingerprint density at radius 3 is 2.34 bits per heavy atom. The number of aryl methyl sites for hydroxylation is 1. The Labute approximate surface area is 219 Å². The van der Waals surface area contributed by atoms with Crippen molar-refractivity contribution in [2.24, 2.45) is 7.05 Å². The number of aromatic nitrogens is 4. The zero-order chi connectivity index (χ0) is 27.4. The lowest BCUT2D eigenvalue weighted by atomic mass is 10.2. The molecule has 2 aromatic heterocycles. The van der Waals surface area contributed by atoms with Gasteiger partial charge in [0.1, 0.15) is 24.7 Å². The minimum atomic E-state index is -4.82. The minimum absolute atomic E-state index is 0.0430. The average Bonchev–Trinajstić information content (AvgIpc) is 3.22. The number of ether oxygens (including phenoxy) is 3. The minimum Gasteiger partial charge on any atom is -0.490 e. The fourth-order valence-corrected chi connectivity index (χ4v) is 3.98. The molecule has 4 aromatic rings. The van der Waals surface area contributed by atoms with Crippen LogP contribution in [0.1, 0.15) is 18.9 Å². The van der Waals surface area contributed by atoms with Crippen molar-refractivity contribution < 1.29 is 27.4 Å². The number of halogens is 4. The molecule has 0 aliphatic carbocycles. The maximum absolute atomic E-state index is 13.3. The van der Waals surface area contributed by atoms with Crippen molar-refractivity contribution in [3.05, 3.63) is 80.0 Å². The topological polar surface area (TPSA) is 89.5 Å². The molecular formula is C25H24ClF3N4O5. The van der Waals surface area contributed by atoms with Gasteiger partial charge >= 0.3 is 12.1 Å². The molecule has 2 heterocycles. The summed E-state index contributed by atoms with van der Waals surface area (Å²) in [4.78, 5) is 30.5. The number of fused-ring (bicyclic) bond motifs is 1. The lowest BCUT2D eigenvalue weighted by Gasteiger charge is -2.12. The standard InChI is InChI=1S/C25H24ClF3N4O5/c1-3-11-32-22(34)20-21(31(2)24(32)35)30-23(33(20)15-16-7-9-17(26)10-8-16)37-13-12-36-18-5-4-6-19(14-18)38-25(27,28)29/h4-10,14H,3,11-13,15H2,1-2H3. The molecule has 0 fully saturated rings. The number of hydrogen-bond acceptors (Lipinski definition) is 6. The first-order valence-electron chi connectivity index (χ1n) is 11.6. The Balaban J connectivity index is 1.61. The molecule has 0 unspecified atom stereocenters. The summed E-state index contributed by atoms with van der Waals surface area (Å²) in [7, 11) is 1.53. The van der Waals surface area contributed by atoms with Crippen LogP contribution in [-0.2, 0) is 20.1 Å². The number of alkyl halides is 3. The van der Waals surface area contributed by atoms with E-state index in [0.717, 1.165) is 22.3 Å². The van der Waals surface area contributed by atoms with Gasteiger partial charge in [-0.2, -0.15) is 4.98 Å². The Morgan fingerprint density at radius 2 is 1.66 bits per heavy atom. The monoisotopic (exact) mass is 552 g/mol. The molecule has 0 bridgehead atoms. The van der Waals surface area contributed by atoms with Crippen LogP contribution in [0.15, 0.2) is 58.1 Å². The summed E-state index contributed by atoms with van der Waals surface area (Å²) >= 11 is 6.00. The van der Waals surface area contributed by atoms with Gasteiger partial charge in [0, 0.05) is 24.7 Å². The van der Waals surface area contributed by atoms with Crippen molar-refractivity contribution in [2.75, 3.05) is 13.2 Å². The highest BCUT2D eigenvalue weighted by Crippen LogP contribution is 2.26. The van der Waals surface area contributed by atoms with Crippen molar-refractivity contribution in [1.29, 1.82) is 0 Å². The van der Waals surface area contributed by atoms with E-state index >= 15 is 0 Å². The van der Waals surface area contributed by atoms with Crippen molar-refractivity contribution in [3.8, 4) is 17.5 Å². The van der Waals surface area contributed by atoms with Gasteiger partial charge in [-0.15, -0.1) is 13.2 Å². The predicted octanol–water partition coefficient (Wildman–Crippen LogP) is 4.36. The largest absolute Gasteiger partial charge is 0.573 e. The predicted molar refractivity (Wildman–Crippen MR) is 134 cm³/mol. The highest BCUT2D eigenvalue weighted by molar-refractivity contribution is 6.30. The molecule has 4 rings (SSSR count). The summed E-state index contributed by atoms with van der Waals surface area (Å²) in [5, 5.41) is 0.551. The van der Waals surface area contributed by atoms with E-state index in [1.165, 1.54) is 23.7 Å². The van der Waals surface area contributed by atoms with Crippen molar-refractivity contribution in [3.63, 3.8) is 0 Å². The molecule has 202 valence electrons. The van der Waals surface area contributed by atoms with Gasteiger partial charge in [0.2, 0.25) is 0 Å². The summed E-state index contributed by atoms with van der Waals surface area (Å²) < 4.78 is 56.7. The average molecular weight is 553 g/mol. The first-order chi connectivity index (χ1) is 18.1. The molecule has 9 nitrogen and oxygen atoms in total. The Kier molecular flexibility index (Phi) is 8.00. The van der Waals surface area contributed by atoms with Crippen molar-refractivity contribution in [2.45, 2.75) is 32.8 Å². The molecule has 2 aromatic carbocycles. The van der Waals surface area contributed by atoms with Crippen LogP contribution in [0.3, 0.4) is 0 Å². The third-order valence-corrected chi connectivity index (χ3v) is 5.77. The second-order valence-corrected chi connectivity index (χ2v) is 8.73. The van der Waals surface area contributed by atoms with E-state index in [2.05, 4.69) is 9.72 Å². The van der Waals surface area contributed by atoms with Crippen LogP contribution >= 0.6 is 11.6 Å². The quantitative estimate of drug-likeness (QED) is 0.272. The smallest absolute Gasteiger partial charge is 0.490 e. The molecule has 0 aliphatic heterocycles. The number of nitrogens with zero attached hydrogens (tertiary/aromatic N) is 4. The molecule has 0 radical (unpaired) electrons. The van der Waals surface area contributed by atoms with Gasteiger partial charge < -0.3 is 14.2 Å². The normalized spacial score (nSPS) is 11.6. The van der Waals surface area contributed by atoms with Crippen LogP contribution in [0.25, 0.3) is 11.2 Å². The van der Waals surface area contributed by atoms with Crippen LogP contribution in [0.5, 0.6) is 17.5 Å². The maximum atomic E-state index is 13.3. The Hall–Kier alpha value is -3.93. The fourth-order valence-electron chi connectivity index (χ4n) is 3.86. The van der Waals surface area contributed by atoms with Crippen LogP contribution in [-0.4, -0.2) is 38.3 Å². The second kappa shape index (κ2) is 11.2. The molecule has 0 N–H and O–H groups in total. The SMILES string of the molecule is CCCn1c(=O)c2c(nc(OCCOc3cccc(OC(F)(F)F)c3)n2Cc2ccc(Cl)cc2)n(C)c1=O. The van der Waals surface area contributed by atoms with E-state index in [-0.39, 0.29) is 49.2 Å². The highest BCUT2D eigenvalue weighted by atomic mass is 35.5. The molecule has 38 heavy (non-hydrogen) atoms. The van der Waals surface area contributed by atoms with Crippen LogP contribution < -0.4 is 25.5 Å². The molecule has 0 amide bonds. The number of benzene rings is 2. The van der Waals surface area contributed by atoms with Gasteiger partial charge in [0.15, 0.2) is 11.2 Å². The van der Waals surface area contributed by atoms with Gasteiger partial charge in [-0.25, -0.2) is 4.79 Å². The van der Waals surface area contributed by atoms with Crippen molar-refractivity contribution >= 4 is 22.8 Å². The lowest BCUT2D eigenvalue weighted by molar-refractivity contribution is -0.274. The maximum Gasteiger partial charge on any atom is 0.573 e. The van der Waals surface area contributed by atoms with Gasteiger partial charge in [-0.3, -0.25) is 18.5 Å². The van der Waals surface area contributed by atoms with Crippen molar-refractivity contribution in [1.82, 2.24) is 18.7 Å². The molecule has 0 saturated heterocycles.